The number of nitriles is 1. The zero-order chi connectivity index (χ0) is 21.6. The van der Waals surface area contributed by atoms with E-state index in [4.69, 9.17) is 19.7 Å². The van der Waals surface area contributed by atoms with Gasteiger partial charge in [-0.2, -0.15) is 18.4 Å². The molecule has 1 aromatic carbocycles. The van der Waals surface area contributed by atoms with Gasteiger partial charge in [-0.15, -0.1) is 0 Å². The minimum atomic E-state index is -4.62. The van der Waals surface area contributed by atoms with E-state index < -0.39 is 24.4 Å². The van der Waals surface area contributed by atoms with E-state index in [9.17, 15) is 22.8 Å². The summed E-state index contributed by atoms with van der Waals surface area (Å²) in [7, 11) is -1.57. The molecule has 3 rings (SSSR count). The second-order valence-corrected chi connectivity index (χ2v) is 5.46. The third-order valence-electron chi connectivity index (χ3n) is 3.53. The van der Waals surface area contributed by atoms with Crippen LogP contribution in [0.1, 0.15) is 32.2 Å². The van der Waals surface area contributed by atoms with E-state index in [2.05, 4.69) is 4.42 Å². The van der Waals surface area contributed by atoms with Gasteiger partial charge < -0.3 is 18.9 Å². The maximum absolute atomic E-state index is 12.8. The lowest BCUT2D eigenvalue weighted by atomic mass is 9.83. The molecule has 2 N–H and O–H groups in total. The van der Waals surface area contributed by atoms with Gasteiger partial charge in [0, 0.05) is 11.0 Å². The van der Waals surface area contributed by atoms with Gasteiger partial charge in [0.1, 0.15) is 5.76 Å². The summed E-state index contributed by atoms with van der Waals surface area (Å²) >= 11 is 0. The first kappa shape index (κ1) is 21.7. The number of aldehydes is 2. The van der Waals surface area contributed by atoms with Crippen molar-refractivity contribution in [1.82, 2.24) is 0 Å². The van der Waals surface area contributed by atoms with Crippen molar-refractivity contribution in [3.05, 3.63) is 65.3 Å². The summed E-state index contributed by atoms with van der Waals surface area (Å²) in [6.07, 6.45) is -2.56. The van der Waals surface area contributed by atoms with Gasteiger partial charge >= 0.3 is 13.3 Å². The average Bonchev–Trinajstić information content (AvgIpc) is 3.36. The van der Waals surface area contributed by atoms with Crippen molar-refractivity contribution < 1.29 is 41.6 Å². The van der Waals surface area contributed by atoms with Crippen LogP contribution in [-0.2, 0) is 6.18 Å². The van der Waals surface area contributed by atoms with Crippen molar-refractivity contribution in [1.29, 1.82) is 5.26 Å². The van der Waals surface area contributed by atoms with Gasteiger partial charge in [-0.1, -0.05) is 0 Å². The summed E-state index contributed by atoms with van der Waals surface area (Å²) in [6.45, 7) is 0. The predicted molar refractivity (Wildman–Crippen MR) is 93.2 cm³/mol. The highest BCUT2D eigenvalue weighted by atomic mass is 19.4. The number of rotatable bonds is 4. The smallest absolute Gasteiger partial charge is 0.462 e. The molecular formula is C18H11BF3NO6. The second-order valence-electron chi connectivity index (χ2n) is 5.46. The number of furan rings is 2. The molecule has 0 spiro atoms. The van der Waals surface area contributed by atoms with Crippen LogP contribution in [0, 0.1) is 11.3 Å². The van der Waals surface area contributed by atoms with E-state index in [1.54, 1.807) is 0 Å². The molecule has 11 heteroatoms. The molecule has 0 aliphatic heterocycles. The molecule has 0 saturated carbocycles. The zero-order valence-corrected chi connectivity index (χ0v) is 14.4. The summed E-state index contributed by atoms with van der Waals surface area (Å²) < 4.78 is 47.9. The Hall–Kier alpha value is -3.62. The number of hydrogen-bond donors (Lipinski definition) is 2. The topological polar surface area (TPSA) is 125 Å². The molecule has 0 unspecified atom stereocenters. The summed E-state index contributed by atoms with van der Waals surface area (Å²) in [5.74, 6) is 0.244. The molecule has 29 heavy (non-hydrogen) atoms. The van der Waals surface area contributed by atoms with Crippen LogP contribution in [0.15, 0.2) is 51.5 Å². The van der Waals surface area contributed by atoms with Crippen LogP contribution < -0.4 is 5.46 Å². The van der Waals surface area contributed by atoms with Crippen molar-refractivity contribution >= 4 is 25.2 Å². The molecule has 0 aliphatic rings. The molecule has 3 aromatic rings. The maximum Gasteiger partial charge on any atom is 0.491 e. The Morgan fingerprint density at radius 3 is 2.17 bits per heavy atom. The van der Waals surface area contributed by atoms with Gasteiger partial charge in [0.05, 0.1) is 23.5 Å². The maximum atomic E-state index is 12.8. The van der Waals surface area contributed by atoms with E-state index in [1.165, 1.54) is 30.3 Å². The molecule has 0 saturated heterocycles. The highest BCUT2D eigenvalue weighted by molar-refractivity contribution is 6.58. The zero-order valence-electron chi connectivity index (χ0n) is 14.4. The minimum absolute atomic E-state index is 0.0212. The Morgan fingerprint density at radius 1 is 1.03 bits per heavy atom. The fourth-order valence-electron chi connectivity index (χ4n) is 2.17. The number of benzene rings is 1. The fraction of sp³-hybridized carbons (Fsp3) is 0.0556. The highest BCUT2D eigenvalue weighted by Gasteiger charge is 2.34. The van der Waals surface area contributed by atoms with Gasteiger partial charge in [0.25, 0.3) is 0 Å². The Kier molecular flexibility index (Phi) is 6.77. The van der Waals surface area contributed by atoms with E-state index in [-0.39, 0.29) is 28.3 Å². The number of halogens is 3. The number of alkyl halides is 3. The predicted octanol–water partition coefficient (Wildman–Crippen LogP) is 2.42. The third-order valence-corrected chi connectivity index (χ3v) is 3.53. The number of nitrogens with zero attached hydrogens (tertiary/aromatic N) is 1. The minimum Gasteiger partial charge on any atom is -0.462 e. The number of hydrogen-bond acceptors (Lipinski definition) is 7. The standard InChI is InChI=1S/C13H6F3NO2.C5H5BO4/c14-13(15,16)11-5-8(1-2-9(11)6-17)12-4-3-10(7-18)19-12;7-2-5-1-4(3-10-5)6(8)9/h1-5,7H;1-3,8-9H. The fourth-order valence-corrected chi connectivity index (χ4v) is 2.17. The van der Waals surface area contributed by atoms with Gasteiger partial charge in [0.15, 0.2) is 24.1 Å². The van der Waals surface area contributed by atoms with Crippen molar-refractivity contribution in [2.45, 2.75) is 6.18 Å². The van der Waals surface area contributed by atoms with E-state index in [1.807, 2.05) is 0 Å². The van der Waals surface area contributed by atoms with Gasteiger partial charge in [-0.3, -0.25) is 9.59 Å². The van der Waals surface area contributed by atoms with Crippen LogP contribution >= 0.6 is 0 Å². The molecule has 148 valence electrons. The Labute approximate surface area is 161 Å². The summed E-state index contributed by atoms with van der Waals surface area (Å²) in [5, 5.41) is 25.7. The lowest BCUT2D eigenvalue weighted by Crippen LogP contribution is -2.27. The quantitative estimate of drug-likeness (QED) is 0.505. The Morgan fingerprint density at radius 2 is 1.72 bits per heavy atom. The first-order chi connectivity index (χ1) is 13.7. The molecule has 7 nitrogen and oxygen atoms in total. The first-order valence-corrected chi connectivity index (χ1v) is 7.76. The molecule has 0 aliphatic carbocycles. The van der Waals surface area contributed by atoms with Crippen LogP contribution in [0.3, 0.4) is 0 Å². The molecule has 0 bridgehead atoms. The van der Waals surface area contributed by atoms with Gasteiger partial charge in [0.2, 0.25) is 0 Å². The lowest BCUT2D eigenvalue weighted by Gasteiger charge is -2.09. The molecular weight excluding hydrogens is 394 g/mol. The summed E-state index contributed by atoms with van der Waals surface area (Å²) in [5.41, 5.74) is -1.16. The van der Waals surface area contributed by atoms with Crippen LogP contribution in [0.2, 0.25) is 0 Å². The molecule has 0 radical (unpaired) electrons. The molecule has 0 atom stereocenters. The number of carbonyl (C=O) groups is 2. The highest BCUT2D eigenvalue weighted by Crippen LogP contribution is 2.35. The lowest BCUT2D eigenvalue weighted by molar-refractivity contribution is -0.137. The molecule has 2 heterocycles. The largest absolute Gasteiger partial charge is 0.491 e. The normalized spacial score (nSPS) is 10.5. The number of carbonyl (C=O) groups excluding carboxylic acids is 2. The third kappa shape index (κ3) is 5.44. The van der Waals surface area contributed by atoms with Crippen LogP contribution in [0.5, 0.6) is 0 Å². The van der Waals surface area contributed by atoms with Gasteiger partial charge in [-0.25, -0.2) is 0 Å². The van der Waals surface area contributed by atoms with Crippen LogP contribution in [0.4, 0.5) is 13.2 Å². The van der Waals surface area contributed by atoms with E-state index in [0.29, 0.717) is 12.6 Å². The summed E-state index contributed by atoms with van der Waals surface area (Å²) in [4.78, 5) is 20.4. The van der Waals surface area contributed by atoms with Crippen LogP contribution in [-0.4, -0.2) is 29.7 Å². The molecule has 2 aromatic heterocycles. The van der Waals surface area contributed by atoms with Crippen molar-refractivity contribution in [2.75, 3.05) is 0 Å². The van der Waals surface area contributed by atoms with Crippen molar-refractivity contribution in [2.24, 2.45) is 0 Å². The van der Waals surface area contributed by atoms with E-state index in [0.717, 1.165) is 18.4 Å². The first-order valence-electron chi connectivity index (χ1n) is 7.76. The monoisotopic (exact) mass is 405 g/mol. The van der Waals surface area contributed by atoms with Crippen molar-refractivity contribution in [3.63, 3.8) is 0 Å². The SMILES string of the molecule is N#Cc1ccc(-c2ccc(C=O)o2)cc1C(F)(F)F.O=Cc1cc(B(O)O)co1. The second kappa shape index (κ2) is 9.05. The van der Waals surface area contributed by atoms with Crippen molar-refractivity contribution in [3.8, 4) is 17.4 Å². The molecule has 0 amide bonds. The Bertz CT molecular complexity index is 1050. The van der Waals surface area contributed by atoms with Crippen LogP contribution in [0.25, 0.3) is 11.3 Å². The molecule has 0 fully saturated rings. The summed E-state index contributed by atoms with van der Waals surface area (Å²) in [6, 6.07) is 8.73. The van der Waals surface area contributed by atoms with Gasteiger partial charge in [-0.05, 0) is 36.4 Å². The Balaban J connectivity index is 0.000000253. The van der Waals surface area contributed by atoms with E-state index >= 15 is 0 Å². The average molecular weight is 405 g/mol.